The summed E-state index contributed by atoms with van der Waals surface area (Å²) in [5.74, 6) is 0.135. The fourth-order valence-electron chi connectivity index (χ4n) is 2.87. The molecule has 2 aromatic carbocycles. The molecule has 124 valence electrons. The molecule has 4 aromatic rings. The Balaban J connectivity index is 1.76. The molecule has 0 amide bonds. The Labute approximate surface area is 143 Å². The molecule has 0 radical (unpaired) electrons. The van der Waals surface area contributed by atoms with E-state index in [1.807, 2.05) is 29.0 Å². The number of nitrogens with zero attached hydrogens (tertiary/aromatic N) is 5. The summed E-state index contributed by atoms with van der Waals surface area (Å²) in [6.45, 7) is 2.06. The lowest BCUT2D eigenvalue weighted by Crippen LogP contribution is -1.96. The molecule has 4 rings (SSSR count). The summed E-state index contributed by atoms with van der Waals surface area (Å²) in [6, 6.07) is 11.0. The van der Waals surface area contributed by atoms with Crippen LogP contribution >= 0.6 is 0 Å². The molecule has 0 saturated carbocycles. The van der Waals surface area contributed by atoms with E-state index in [1.54, 1.807) is 18.6 Å². The summed E-state index contributed by atoms with van der Waals surface area (Å²) in [4.78, 5) is 4.07. The van der Waals surface area contributed by atoms with Gasteiger partial charge in [-0.05, 0) is 46.2 Å². The van der Waals surface area contributed by atoms with Crippen LogP contribution in [0.3, 0.4) is 0 Å². The number of hydrogen-bond donors (Lipinski definition) is 1. The number of aryl methyl sites for hydroxylation is 1. The summed E-state index contributed by atoms with van der Waals surface area (Å²) in [5.41, 5.74) is 4.12. The van der Waals surface area contributed by atoms with Gasteiger partial charge in [0.25, 0.3) is 0 Å². The Morgan fingerprint density at radius 2 is 2.00 bits per heavy atom. The molecule has 0 atom stereocenters. The molecule has 0 spiro atoms. The summed E-state index contributed by atoms with van der Waals surface area (Å²) in [7, 11) is 0. The van der Waals surface area contributed by atoms with Gasteiger partial charge in [-0.1, -0.05) is 25.1 Å². The number of H-pyrrole nitrogens is 1. The predicted molar refractivity (Wildman–Crippen MR) is 91.5 cm³/mol. The second-order valence-electron chi connectivity index (χ2n) is 5.61. The van der Waals surface area contributed by atoms with Crippen LogP contribution < -0.4 is 0 Å². The second-order valence-corrected chi connectivity index (χ2v) is 5.61. The number of aromatic amines is 1. The quantitative estimate of drug-likeness (QED) is 0.621. The third-order valence-corrected chi connectivity index (χ3v) is 4.15. The Bertz CT molecular complexity index is 993. The van der Waals surface area contributed by atoms with Crippen molar-refractivity contribution in [2.75, 3.05) is 0 Å². The number of aromatic nitrogens is 6. The van der Waals surface area contributed by atoms with Gasteiger partial charge in [-0.2, -0.15) is 0 Å². The molecule has 7 heteroatoms. The lowest BCUT2D eigenvalue weighted by atomic mass is 9.96. The molecule has 1 N–H and O–H groups in total. The van der Waals surface area contributed by atoms with Crippen molar-refractivity contribution < 1.29 is 4.39 Å². The van der Waals surface area contributed by atoms with Gasteiger partial charge < -0.3 is 4.57 Å². The number of nitrogens with one attached hydrogen (secondary N) is 1. The van der Waals surface area contributed by atoms with E-state index in [2.05, 4.69) is 38.6 Å². The van der Waals surface area contributed by atoms with Gasteiger partial charge in [0.15, 0.2) is 5.82 Å². The normalized spacial score (nSPS) is 11.0. The van der Waals surface area contributed by atoms with Crippen molar-refractivity contribution in [3.8, 4) is 28.2 Å². The van der Waals surface area contributed by atoms with Crippen molar-refractivity contribution >= 4 is 0 Å². The van der Waals surface area contributed by atoms with Crippen LogP contribution in [0, 0.1) is 5.82 Å². The van der Waals surface area contributed by atoms with E-state index in [0.29, 0.717) is 17.0 Å². The predicted octanol–water partition coefficient (Wildman–Crippen LogP) is 3.42. The van der Waals surface area contributed by atoms with Gasteiger partial charge in [-0.25, -0.2) is 14.5 Å². The maximum absolute atomic E-state index is 14.7. The summed E-state index contributed by atoms with van der Waals surface area (Å²) in [5, 5.41) is 13.5. The molecule has 2 aromatic heterocycles. The minimum Gasteiger partial charge on any atom is -0.306 e. The first-order valence-electron chi connectivity index (χ1n) is 7.91. The maximum Gasteiger partial charge on any atom is 0.179 e. The monoisotopic (exact) mass is 334 g/mol. The number of hydrogen-bond acceptors (Lipinski definition) is 4. The third-order valence-electron chi connectivity index (χ3n) is 4.15. The number of benzene rings is 2. The van der Waals surface area contributed by atoms with Crippen LogP contribution in [0.5, 0.6) is 0 Å². The first-order chi connectivity index (χ1) is 12.3. The Kier molecular flexibility index (Phi) is 3.81. The van der Waals surface area contributed by atoms with Crippen molar-refractivity contribution in [3.63, 3.8) is 0 Å². The zero-order valence-electron chi connectivity index (χ0n) is 13.5. The second kappa shape index (κ2) is 6.27. The van der Waals surface area contributed by atoms with Gasteiger partial charge in [0, 0.05) is 29.2 Å². The SMILES string of the molecule is CCc1cc(-n2ccnc2)ccc1-c1ccc(-c2nnn[nH]2)cc1F. The van der Waals surface area contributed by atoms with Gasteiger partial charge in [0.2, 0.25) is 0 Å². The largest absolute Gasteiger partial charge is 0.306 e. The van der Waals surface area contributed by atoms with Crippen LogP contribution in [-0.4, -0.2) is 30.2 Å². The van der Waals surface area contributed by atoms with Crippen LogP contribution in [-0.2, 0) is 6.42 Å². The highest BCUT2D eigenvalue weighted by atomic mass is 19.1. The average molecular weight is 334 g/mol. The molecule has 0 saturated heterocycles. The van der Waals surface area contributed by atoms with Crippen molar-refractivity contribution in [3.05, 3.63) is 66.5 Å². The minimum absolute atomic E-state index is 0.306. The number of halogens is 1. The fraction of sp³-hybridized carbons (Fsp3) is 0.111. The van der Waals surface area contributed by atoms with E-state index in [4.69, 9.17) is 0 Å². The molecule has 0 unspecified atom stereocenters. The van der Waals surface area contributed by atoms with E-state index in [9.17, 15) is 4.39 Å². The Morgan fingerprint density at radius 1 is 1.12 bits per heavy atom. The van der Waals surface area contributed by atoms with Gasteiger partial charge in [-0.15, -0.1) is 5.10 Å². The maximum atomic E-state index is 14.7. The van der Waals surface area contributed by atoms with Crippen molar-refractivity contribution in [1.82, 2.24) is 30.2 Å². The minimum atomic E-state index is -0.306. The summed E-state index contributed by atoms with van der Waals surface area (Å²) in [6.07, 6.45) is 6.16. The Morgan fingerprint density at radius 3 is 2.68 bits per heavy atom. The molecule has 0 aliphatic rings. The fourth-order valence-corrected chi connectivity index (χ4v) is 2.87. The van der Waals surface area contributed by atoms with Crippen LogP contribution in [0.2, 0.25) is 0 Å². The van der Waals surface area contributed by atoms with Gasteiger partial charge in [-0.3, -0.25) is 0 Å². The summed E-state index contributed by atoms with van der Waals surface area (Å²) >= 11 is 0. The zero-order chi connectivity index (χ0) is 17.2. The van der Waals surface area contributed by atoms with E-state index < -0.39 is 0 Å². The highest BCUT2D eigenvalue weighted by Gasteiger charge is 2.13. The van der Waals surface area contributed by atoms with Crippen molar-refractivity contribution in [2.24, 2.45) is 0 Å². The van der Waals surface area contributed by atoms with E-state index in [0.717, 1.165) is 23.2 Å². The third kappa shape index (κ3) is 2.80. The van der Waals surface area contributed by atoms with E-state index in [-0.39, 0.29) is 5.82 Å². The summed E-state index contributed by atoms with van der Waals surface area (Å²) < 4.78 is 16.7. The highest BCUT2D eigenvalue weighted by Crippen LogP contribution is 2.30. The van der Waals surface area contributed by atoms with Gasteiger partial charge in [0.1, 0.15) is 5.82 Å². The number of rotatable bonds is 4. The topological polar surface area (TPSA) is 72.3 Å². The first kappa shape index (κ1) is 15.2. The molecular formula is C18H15FN6. The average Bonchev–Trinajstić information content (AvgIpc) is 3.35. The lowest BCUT2D eigenvalue weighted by molar-refractivity contribution is 0.631. The van der Waals surface area contributed by atoms with Crippen LogP contribution in [0.25, 0.3) is 28.2 Å². The highest BCUT2D eigenvalue weighted by molar-refractivity contribution is 5.72. The number of tetrazole rings is 1. The zero-order valence-corrected chi connectivity index (χ0v) is 13.5. The number of imidazole rings is 1. The van der Waals surface area contributed by atoms with Crippen molar-refractivity contribution in [2.45, 2.75) is 13.3 Å². The molecule has 6 nitrogen and oxygen atoms in total. The lowest BCUT2D eigenvalue weighted by Gasteiger charge is -2.12. The molecule has 0 bridgehead atoms. The smallest absolute Gasteiger partial charge is 0.179 e. The molecule has 25 heavy (non-hydrogen) atoms. The first-order valence-corrected chi connectivity index (χ1v) is 7.91. The van der Waals surface area contributed by atoms with E-state index in [1.165, 1.54) is 6.07 Å². The van der Waals surface area contributed by atoms with Gasteiger partial charge >= 0.3 is 0 Å². The molecule has 0 aliphatic carbocycles. The van der Waals surface area contributed by atoms with Crippen molar-refractivity contribution in [1.29, 1.82) is 0 Å². The van der Waals surface area contributed by atoms with Gasteiger partial charge in [0.05, 0.1) is 6.33 Å². The molecular weight excluding hydrogens is 319 g/mol. The Hall–Kier alpha value is -3.35. The van der Waals surface area contributed by atoms with Crippen LogP contribution in [0.15, 0.2) is 55.1 Å². The molecule has 2 heterocycles. The standard InChI is InChI=1S/C18H15FN6/c1-2-12-9-14(25-8-7-20-11-25)4-6-15(12)16-5-3-13(10-17(16)19)18-21-23-24-22-18/h3-11H,2H2,1H3,(H,21,22,23,24). The molecule has 0 aliphatic heterocycles. The van der Waals surface area contributed by atoms with Crippen LogP contribution in [0.4, 0.5) is 4.39 Å². The molecule has 0 fully saturated rings. The van der Waals surface area contributed by atoms with Crippen LogP contribution in [0.1, 0.15) is 12.5 Å². The van der Waals surface area contributed by atoms with E-state index >= 15 is 0 Å².